The van der Waals surface area contributed by atoms with E-state index in [4.69, 9.17) is 0 Å². The van der Waals surface area contributed by atoms with E-state index < -0.39 is 0 Å². The monoisotopic (exact) mass is 636 g/mol. The molecule has 0 unspecified atom stereocenters. The van der Waals surface area contributed by atoms with Gasteiger partial charge in [-0.2, -0.15) is 0 Å². The summed E-state index contributed by atoms with van der Waals surface area (Å²) in [7, 11) is 0. The third kappa shape index (κ3) is 5.18. The van der Waals surface area contributed by atoms with E-state index >= 15 is 0 Å². The van der Waals surface area contributed by atoms with Gasteiger partial charge in [-0.1, -0.05) is 152 Å². The molecule has 0 amide bonds. The summed E-state index contributed by atoms with van der Waals surface area (Å²) in [4.78, 5) is 0. The maximum atomic E-state index is 2.39. The van der Waals surface area contributed by atoms with E-state index in [0.717, 1.165) is 0 Å². The number of fused-ring (bicyclic) bond motifs is 6. The Balaban J connectivity index is 1.22. The first-order valence-corrected chi connectivity index (χ1v) is 17.4. The van der Waals surface area contributed by atoms with Gasteiger partial charge in [-0.05, 0) is 143 Å². The van der Waals surface area contributed by atoms with Crippen molar-refractivity contribution in [1.82, 2.24) is 0 Å². The number of benzene rings is 9. The topological polar surface area (TPSA) is 0 Å². The van der Waals surface area contributed by atoms with Crippen molar-refractivity contribution >= 4 is 32.3 Å². The fourth-order valence-corrected chi connectivity index (χ4v) is 7.77. The zero-order valence-electron chi connectivity index (χ0n) is 28.3. The van der Waals surface area contributed by atoms with Crippen LogP contribution < -0.4 is 0 Å². The Hall–Kier alpha value is -6.24. The average Bonchev–Trinajstić information content (AvgIpc) is 3.19. The van der Waals surface area contributed by atoms with Gasteiger partial charge in [0.05, 0.1) is 0 Å². The molecular formula is C50H36. The molecule has 0 aliphatic rings. The molecule has 9 rings (SSSR count). The van der Waals surface area contributed by atoms with Gasteiger partial charge in [0.25, 0.3) is 0 Å². The van der Waals surface area contributed by atoms with Crippen LogP contribution in [0.4, 0.5) is 0 Å². The number of hydrogen-bond acceptors (Lipinski definition) is 0. The van der Waals surface area contributed by atoms with Crippen molar-refractivity contribution < 1.29 is 0 Å². The van der Waals surface area contributed by atoms with Crippen molar-refractivity contribution in [2.45, 2.75) is 13.8 Å². The molecule has 0 saturated carbocycles. The van der Waals surface area contributed by atoms with Crippen LogP contribution in [-0.2, 0) is 0 Å². The first-order valence-electron chi connectivity index (χ1n) is 17.4. The molecule has 236 valence electrons. The number of rotatable bonds is 5. The van der Waals surface area contributed by atoms with Crippen molar-refractivity contribution in [3.8, 4) is 55.6 Å². The van der Waals surface area contributed by atoms with Gasteiger partial charge < -0.3 is 0 Å². The van der Waals surface area contributed by atoms with Gasteiger partial charge in [0.2, 0.25) is 0 Å². The maximum Gasteiger partial charge on any atom is -0.00928 e. The molecule has 0 atom stereocenters. The highest BCUT2D eigenvalue weighted by atomic mass is 14.2. The lowest BCUT2D eigenvalue weighted by Gasteiger charge is -2.19. The first-order chi connectivity index (χ1) is 24.6. The van der Waals surface area contributed by atoms with E-state index in [1.165, 1.54) is 99.1 Å². The molecule has 0 nitrogen and oxygen atoms in total. The molecule has 0 aromatic heterocycles. The van der Waals surface area contributed by atoms with Crippen molar-refractivity contribution in [2.24, 2.45) is 0 Å². The molecule has 0 heteroatoms. The number of aryl methyl sites for hydroxylation is 1. The Bertz CT molecular complexity index is 2660. The minimum absolute atomic E-state index is 1.22. The molecule has 50 heavy (non-hydrogen) atoms. The average molecular weight is 637 g/mol. The standard InChI is InChI=1S/C50H36/c1-33-24-25-38(35-14-5-3-6-15-35)29-47(33)49-32-41(36-16-7-4-8-17-36)31-48(34(49)2)40-19-13-18-37(28-40)39-26-27-46-44-22-10-9-20-42(44)43-21-11-12-23-45(43)50(46)30-39/h3-32H,1-2H3. The summed E-state index contributed by atoms with van der Waals surface area (Å²) in [6.07, 6.45) is 0. The Morgan fingerprint density at radius 2 is 0.680 bits per heavy atom. The van der Waals surface area contributed by atoms with E-state index in [2.05, 4.69) is 196 Å². The molecule has 0 N–H and O–H groups in total. The van der Waals surface area contributed by atoms with E-state index in [1.807, 2.05) is 0 Å². The van der Waals surface area contributed by atoms with Crippen LogP contribution in [0.5, 0.6) is 0 Å². The second-order valence-electron chi connectivity index (χ2n) is 13.4. The third-order valence-electron chi connectivity index (χ3n) is 10.4. The summed E-state index contributed by atoms with van der Waals surface area (Å²) in [6.45, 7) is 4.51. The van der Waals surface area contributed by atoms with E-state index in [1.54, 1.807) is 0 Å². The second kappa shape index (κ2) is 12.3. The van der Waals surface area contributed by atoms with Crippen molar-refractivity contribution in [3.63, 3.8) is 0 Å². The molecule has 9 aromatic rings. The summed E-state index contributed by atoms with van der Waals surface area (Å²) in [6, 6.07) is 66.8. The summed E-state index contributed by atoms with van der Waals surface area (Å²) in [5.41, 5.74) is 14.9. The van der Waals surface area contributed by atoms with Crippen LogP contribution in [-0.4, -0.2) is 0 Å². The fourth-order valence-electron chi connectivity index (χ4n) is 7.77. The lowest BCUT2D eigenvalue weighted by atomic mass is 9.85. The minimum atomic E-state index is 1.22. The normalized spacial score (nSPS) is 11.4. The third-order valence-corrected chi connectivity index (χ3v) is 10.4. The summed E-state index contributed by atoms with van der Waals surface area (Å²) in [5.74, 6) is 0. The van der Waals surface area contributed by atoms with E-state index in [9.17, 15) is 0 Å². The van der Waals surface area contributed by atoms with Crippen molar-refractivity contribution in [2.75, 3.05) is 0 Å². The van der Waals surface area contributed by atoms with Crippen LogP contribution >= 0.6 is 0 Å². The molecule has 0 heterocycles. The maximum absolute atomic E-state index is 2.39. The fraction of sp³-hybridized carbons (Fsp3) is 0.0400. The largest absolute Gasteiger partial charge is 0.0622 e. The molecule has 0 saturated heterocycles. The van der Waals surface area contributed by atoms with Gasteiger partial charge in [0.15, 0.2) is 0 Å². The predicted molar refractivity (Wildman–Crippen MR) is 216 cm³/mol. The van der Waals surface area contributed by atoms with E-state index in [-0.39, 0.29) is 0 Å². The van der Waals surface area contributed by atoms with Crippen LogP contribution in [0.2, 0.25) is 0 Å². The summed E-state index contributed by atoms with van der Waals surface area (Å²) < 4.78 is 0. The van der Waals surface area contributed by atoms with Crippen LogP contribution in [0.25, 0.3) is 88.0 Å². The second-order valence-corrected chi connectivity index (χ2v) is 13.4. The summed E-state index contributed by atoms with van der Waals surface area (Å²) in [5, 5.41) is 7.79. The molecular weight excluding hydrogens is 601 g/mol. The Labute approximate surface area is 293 Å². The Morgan fingerprint density at radius 1 is 0.240 bits per heavy atom. The van der Waals surface area contributed by atoms with Crippen LogP contribution in [0.3, 0.4) is 0 Å². The van der Waals surface area contributed by atoms with Gasteiger partial charge >= 0.3 is 0 Å². The van der Waals surface area contributed by atoms with Crippen molar-refractivity contribution in [3.05, 3.63) is 193 Å². The molecule has 0 aliphatic heterocycles. The molecule has 0 bridgehead atoms. The Morgan fingerprint density at radius 3 is 1.34 bits per heavy atom. The quantitative estimate of drug-likeness (QED) is 0.165. The smallest absolute Gasteiger partial charge is 0.00928 e. The zero-order chi connectivity index (χ0) is 33.6. The minimum Gasteiger partial charge on any atom is -0.0622 e. The van der Waals surface area contributed by atoms with Gasteiger partial charge in [-0.25, -0.2) is 0 Å². The van der Waals surface area contributed by atoms with E-state index in [0.29, 0.717) is 0 Å². The van der Waals surface area contributed by atoms with Crippen LogP contribution in [0.15, 0.2) is 182 Å². The molecule has 0 aliphatic carbocycles. The van der Waals surface area contributed by atoms with Crippen LogP contribution in [0, 0.1) is 13.8 Å². The summed E-state index contributed by atoms with van der Waals surface area (Å²) >= 11 is 0. The number of hydrogen-bond donors (Lipinski definition) is 0. The molecule has 0 radical (unpaired) electrons. The van der Waals surface area contributed by atoms with Crippen molar-refractivity contribution in [1.29, 1.82) is 0 Å². The molecule has 0 fully saturated rings. The molecule has 0 spiro atoms. The Kier molecular flexibility index (Phi) is 7.37. The van der Waals surface area contributed by atoms with Gasteiger partial charge in [0, 0.05) is 0 Å². The van der Waals surface area contributed by atoms with Gasteiger partial charge in [0.1, 0.15) is 0 Å². The zero-order valence-corrected chi connectivity index (χ0v) is 28.3. The van der Waals surface area contributed by atoms with Gasteiger partial charge in [-0.15, -0.1) is 0 Å². The molecule has 9 aromatic carbocycles. The predicted octanol–water partition coefficient (Wildman–Crippen LogP) is 14.1. The van der Waals surface area contributed by atoms with Gasteiger partial charge in [-0.3, -0.25) is 0 Å². The highest BCUT2D eigenvalue weighted by Crippen LogP contribution is 2.41. The highest BCUT2D eigenvalue weighted by molar-refractivity contribution is 6.25. The van der Waals surface area contributed by atoms with Crippen LogP contribution in [0.1, 0.15) is 11.1 Å². The lowest BCUT2D eigenvalue weighted by Crippen LogP contribution is -1.94. The lowest BCUT2D eigenvalue weighted by molar-refractivity contribution is 1.40. The SMILES string of the molecule is Cc1ccc(-c2ccccc2)cc1-c1cc(-c2ccccc2)cc(-c2cccc(-c3ccc4c5ccccc5c5ccccc5c4c3)c2)c1C. The first kappa shape index (κ1) is 29.9. The highest BCUT2D eigenvalue weighted by Gasteiger charge is 2.16.